The molecule has 470 valence electrons. The van der Waals surface area contributed by atoms with Crippen LogP contribution in [0.1, 0.15) is 115 Å². The molecule has 1 unspecified atom stereocenters. The number of sulfonamides is 2. The standard InChI is InChI=1S/C63H87F2N9O10S2/c1-46(66-3)60(77)69-57(62(79)73-40-16-22-52(73)44-71(42-37-48-18-7-5-8-19-48)85(81,82)55-33-29-50(64)30-34-55)26-13-11-24-54(75)25-12-14-28-59(76)68-39-15-27-58(70-61(78)47(2)67-4)63(80)74-41-17-23-53(74)45-72(43-38-49-20-9-6-10-21-49)86(83,84)56-35-31-51(65)32-36-56/h5-10,18-21,29-36,46-47,52-53,57-58,66-67H,11-17,22-28,37-45H2,1-4H3,(H,68,76)(H,69,77)(H,70,78)/t46-,47-,52-,53-,57-,58?/m0/s1. The lowest BCUT2D eigenvalue weighted by atomic mass is 10.0. The van der Waals surface area contributed by atoms with E-state index in [4.69, 9.17) is 0 Å². The lowest BCUT2D eigenvalue weighted by molar-refractivity contribution is -0.138. The van der Waals surface area contributed by atoms with Crippen LogP contribution < -0.4 is 26.6 Å². The normalized spacial score (nSPS) is 16.8. The summed E-state index contributed by atoms with van der Waals surface area (Å²) in [6.45, 7) is 4.51. The van der Waals surface area contributed by atoms with E-state index in [9.17, 15) is 54.4 Å². The van der Waals surface area contributed by atoms with E-state index in [1.807, 2.05) is 60.7 Å². The van der Waals surface area contributed by atoms with Crippen molar-refractivity contribution in [2.75, 3.05) is 59.9 Å². The highest BCUT2D eigenvalue weighted by Gasteiger charge is 2.39. The van der Waals surface area contributed by atoms with Gasteiger partial charge in [-0.3, -0.25) is 28.8 Å². The number of nitrogens with one attached hydrogen (secondary N) is 5. The average Bonchev–Trinajstić information content (AvgIpc) is 3.48. The van der Waals surface area contributed by atoms with Crippen LogP contribution in [0.3, 0.4) is 0 Å². The Labute approximate surface area is 506 Å². The quantitative estimate of drug-likeness (QED) is 0.0335. The third kappa shape index (κ3) is 20.6. The second kappa shape index (κ2) is 34.2. The fourth-order valence-electron chi connectivity index (χ4n) is 10.8. The van der Waals surface area contributed by atoms with Crippen LogP contribution in [0.4, 0.5) is 8.78 Å². The number of carbonyl (C=O) groups excluding carboxylic acids is 6. The summed E-state index contributed by atoms with van der Waals surface area (Å²) >= 11 is 0. The van der Waals surface area contributed by atoms with Gasteiger partial charge in [0.25, 0.3) is 0 Å². The molecule has 2 fully saturated rings. The molecule has 4 aromatic carbocycles. The molecule has 5 amide bonds. The minimum Gasteiger partial charge on any atom is -0.356 e. The van der Waals surface area contributed by atoms with Crippen LogP contribution in [0, 0.1) is 11.6 Å². The first-order valence-electron chi connectivity index (χ1n) is 30.2. The Morgan fingerprint density at radius 3 is 1.36 bits per heavy atom. The van der Waals surface area contributed by atoms with Crippen molar-refractivity contribution in [3.8, 4) is 0 Å². The van der Waals surface area contributed by atoms with Gasteiger partial charge < -0.3 is 36.4 Å². The number of rotatable bonds is 36. The number of Topliss-reactive ketones (excluding diaryl/α,β-unsaturated/α-hetero) is 1. The van der Waals surface area contributed by atoms with E-state index >= 15 is 0 Å². The van der Waals surface area contributed by atoms with Crippen LogP contribution in [0.5, 0.6) is 0 Å². The maximum Gasteiger partial charge on any atom is 0.245 e. The van der Waals surface area contributed by atoms with Gasteiger partial charge in [-0.25, -0.2) is 25.6 Å². The summed E-state index contributed by atoms with van der Waals surface area (Å²) in [4.78, 5) is 84.5. The van der Waals surface area contributed by atoms with Crippen molar-refractivity contribution in [1.29, 1.82) is 0 Å². The number of likely N-dealkylation sites (N-methyl/N-ethyl adjacent to an activating group) is 2. The fourth-order valence-corrected chi connectivity index (χ4v) is 13.8. The summed E-state index contributed by atoms with van der Waals surface area (Å²) in [7, 11) is -4.94. The molecular weight excluding hydrogens is 1140 g/mol. The van der Waals surface area contributed by atoms with Gasteiger partial charge in [0.05, 0.1) is 21.9 Å². The summed E-state index contributed by atoms with van der Waals surface area (Å²) < 4.78 is 86.8. The average molecular weight is 1230 g/mol. The van der Waals surface area contributed by atoms with Crippen molar-refractivity contribution in [3.05, 3.63) is 132 Å². The molecule has 19 nitrogen and oxygen atoms in total. The molecule has 0 spiro atoms. The molecule has 5 N–H and O–H groups in total. The van der Waals surface area contributed by atoms with Gasteiger partial charge in [-0.05, 0) is 165 Å². The SMILES string of the molecule is CN[C@@H](C)C(=O)NC(CCCNC(=O)CCCCC(=O)CCCC[C@H](NC(=O)[C@H](C)NC)C(=O)N1CCC[C@H]1CN(CCc1ccccc1)S(=O)(=O)c1ccc(F)cc1)C(=O)N1CCC[C@H]1CN(CCc1ccccc1)S(=O)(=O)c1ccc(F)cc1. The summed E-state index contributed by atoms with van der Waals surface area (Å²) in [5, 5.41) is 14.5. The molecule has 6 rings (SSSR count). The third-order valence-electron chi connectivity index (χ3n) is 16.2. The second-order valence-corrected chi connectivity index (χ2v) is 26.3. The smallest absolute Gasteiger partial charge is 0.245 e. The Kier molecular flexibility index (Phi) is 27.2. The molecule has 86 heavy (non-hydrogen) atoms. The van der Waals surface area contributed by atoms with Crippen LogP contribution in [-0.4, -0.2) is 167 Å². The highest BCUT2D eigenvalue weighted by Crippen LogP contribution is 2.27. The summed E-state index contributed by atoms with van der Waals surface area (Å²) in [6.07, 6.45) is 6.39. The number of ketones is 1. The van der Waals surface area contributed by atoms with Gasteiger partial charge in [-0.2, -0.15) is 8.61 Å². The number of likely N-dealkylation sites (tertiary alicyclic amines) is 2. The highest BCUT2D eigenvalue weighted by molar-refractivity contribution is 7.89. The van der Waals surface area contributed by atoms with Crippen LogP contribution in [0.25, 0.3) is 0 Å². The number of carbonyl (C=O) groups is 6. The maximum absolute atomic E-state index is 14.4. The first kappa shape index (κ1) is 68.6. The lowest BCUT2D eigenvalue weighted by Crippen LogP contribution is -2.55. The zero-order chi connectivity index (χ0) is 62.2. The number of hydrogen-bond acceptors (Lipinski definition) is 12. The zero-order valence-corrected chi connectivity index (χ0v) is 51.7. The topological polar surface area (TPSA) is 244 Å². The van der Waals surface area contributed by atoms with E-state index in [1.54, 1.807) is 37.7 Å². The van der Waals surface area contributed by atoms with Crippen molar-refractivity contribution in [2.24, 2.45) is 0 Å². The first-order chi connectivity index (χ1) is 41.2. The minimum atomic E-state index is -4.10. The van der Waals surface area contributed by atoms with Crippen molar-refractivity contribution in [2.45, 2.75) is 163 Å². The molecule has 6 atom stereocenters. The largest absolute Gasteiger partial charge is 0.356 e. The van der Waals surface area contributed by atoms with Crippen LogP contribution in [0.2, 0.25) is 0 Å². The number of halogens is 2. The summed E-state index contributed by atoms with van der Waals surface area (Å²) in [5.74, 6) is -2.82. The Balaban J connectivity index is 0.964. The highest BCUT2D eigenvalue weighted by atomic mass is 32.2. The second-order valence-electron chi connectivity index (χ2n) is 22.4. The molecule has 0 aliphatic carbocycles. The number of hydrogen-bond donors (Lipinski definition) is 5. The van der Waals surface area contributed by atoms with Crippen LogP contribution in [-0.2, 0) is 61.7 Å². The summed E-state index contributed by atoms with van der Waals surface area (Å²) in [6, 6.07) is 24.1. The van der Waals surface area contributed by atoms with Crippen LogP contribution >= 0.6 is 0 Å². The Hall–Kier alpha value is -6.50. The molecule has 2 aliphatic rings. The Morgan fingerprint density at radius 1 is 0.547 bits per heavy atom. The Morgan fingerprint density at radius 2 is 0.942 bits per heavy atom. The van der Waals surface area contributed by atoms with E-state index < -0.39 is 73.8 Å². The van der Waals surface area contributed by atoms with Crippen molar-refractivity contribution in [3.63, 3.8) is 0 Å². The predicted molar refractivity (Wildman–Crippen MR) is 325 cm³/mol. The zero-order valence-electron chi connectivity index (χ0n) is 50.1. The van der Waals surface area contributed by atoms with E-state index in [0.717, 1.165) is 35.4 Å². The molecule has 0 aromatic heterocycles. The van der Waals surface area contributed by atoms with Gasteiger partial charge in [0.2, 0.25) is 49.6 Å². The van der Waals surface area contributed by atoms with Gasteiger partial charge in [-0.15, -0.1) is 0 Å². The molecule has 2 aliphatic heterocycles. The monoisotopic (exact) mass is 1230 g/mol. The van der Waals surface area contributed by atoms with Gasteiger partial charge in [0.1, 0.15) is 29.5 Å². The lowest BCUT2D eigenvalue weighted by Gasteiger charge is -2.33. The van der Waals surface area contributed by atoms with Gasteiger partial charge in [-0.1, -0.05) is 67.1 Å². The van der Waals surface area contributed by atoms with E-state index in [2.05, 4.69) is 26.6 Å². The molecule has 0 bridgehead atoms. The molecule has 4 aromatic rings. The maximum atomic E-state index is 14.4. The molecule has 0 saturated carbocycles. The number of nitrogens with zero attached hydrogens (tertiary/aromatic N) is 4. The number of amides is 5. The van der Waals surface area contributed by atoms with Crippen molar-refractivity contribution < 1.29 is 54.4 Å². The minimum absolute atomic E-state index is 0.00123. The van der Waals surface area contributed by atoms with Gasteiger partial charge in [0.15, 0.2) is 0 Å². The van der Waals surface area contributed by atoms with E-state index in [0.29, 0.717) is 83.7 Å². The molecule has 2 heterocycles. The van der Waals surface area contributed by atoms with Gasteiger partial charge in [0, 0.05) is 77.2 Å². The van der Waals surface area contributed by atoms with Crippen molar-refractivity contribution >= 4 is 55.4 Å². The van der Waals surface area contributed by atoms with Gasteiger partial charge >= 0.3 is 0 Å². The first-order valence-corrected chi connectivity index (χ1v) is 33.0. The fraction of sp³-hybridized carbons (Fsp3) is 0.524. The Bertz CT molecular complexity index is 2850. The van der Waals surface area contributed by atoms with E-state index in [-0.39, 0.29) is 104 Å². The molecule has 2 saturated heterocycles. The molecular formula is C63H87F2N9O10S2. The number of unbranched alkanes of at least 4 members (excludes halogenated alkanes) is 2. The molecule has 23 heteroatoms. The predicted octanol–water partition coefficient (Wildman–Crippen LogP) is 5.89. The number of benzene rings is 4. The third-order valence-corrected chi connectivity index (χ3v) is 20.0. The van der Waals surface area contributed by atoms with E-state index in [1.165, 1.54) is 32.9 Å². The van der Waals surface area contributed by atoms with Crippen LogP contribution in [0.15, 0.2) is 119 Å². The summed E-state index contributed by atoms with van der Waals surface area (Å²) in [5.41, 5.74) is 1.86. The molecule has 0 radical (unpaired) electrons. The van der Waals surface area contributed by atoms with Crippen molar-refractivity contribution in [1.82, 2.24) is 45.0 Å².